The number of aliphatic hydroxyl groups is 2. The van der Waals surface area contributed by atoms with E-state index in [1.54, 1.807) is 0 Å². The molecule has 0 aromatic heterocycles. The van der Waals surface area contributed by atoms with Crippen LogP contribution in [0.15, 0.2) is 0 Å². The van der Waals surface area contributed by atoms with Crippen molar-refractivity contribution in [2.24, 2.45) is 23.7 Å². The van der Waals surface area contributed by atoms with Crippen LogP contribution in [-0.4, -0.2) is 121 Å². The molecule has 4 heterocycles. The van der Waals surface area contributed by atoms with Crippen molar-refractivity contribution >= 4 is 11.9 Å². The molecule has 4 aliphatic carbocycles. The van der Waals surface area contributed by atoms with Crippen LogP contribution < -0.4 is 0 Å². The lowest BCUT2D eigenvalue weighted by Crippen LogP contribution is -2.24. The summed E-state index contributed by atoms with van der Waals surface area (Å²) in [7, 11) is 1.42. The predicted molar refractivity (Wildman–Crippen MR) is 189 cm³/mol. The van der Waals surface area contributed by atoms with Crippen molar-refractivity contribution in [3.8, 4) is 0 Å². The highest BCUT2D eigenvalue weighted by atomic mass is 16.8. The lowest BCUT2D eigenvalue weighted by Gasteiger charge is -2.20. The van der Waals surface area contributed by atoms with Crippen molar-refractivity contribution in [1.29, 1.82) is 0 Å². The first-order valence-corrected chi connectivity index (χ1v) is 19.5. The molecule has 8 rings (SSSR count). The molecule has 4 saturated carbocycles. The average molecular weight is 759 g/mol. The highest BCUT2D eigenvalue weighted by Gasteiger charge is 2.51. The Morgan fingerprint density at radius 1 is 0.509 bits per heavy atom. The quantitative estimate of drug-likeness (QED) is 0.379. The van der Waals surface area contributed by atoms with Gasteiger partial charge in [0.2, 0.25) is 0 Å². The van der Waals surface area contributed by atoms with Gasteiger partial charge >= 0.3 is 11.9 Å². The van der Waals surface area contributed by atoms with Gasteiger partial charge in [0.05, 0.1) is 68.5 Å². The Morgan fingerprint density at radius 2 is 0.774 bits per heavy atom. The van der Waals surface area contributed by atoms with Gasteiger partial charge in [-0.05, 0) is 125 Å². The molecular formula is C39H66O14. The van der Waals surface area contributed by atoms with Gasteiger partial charge in [0.25, 0.3) is 0 Å². The predicted octanol–water partition coefficient (Wildman–Crippen LogP) is 4.39. The largest absolute Gasteiger partial charge is 0.469 e. The van der Waals surface area contributed by atoms with Crippen molar-refractivity contribution in [2.45, 2.75) is 186 Å². The fourth-order valence-corrected chi connectivity index (χ4v) is 9.18. The standard InChI is InChI=1S/C11H18O4.C10H16O4.2C9H16O3/c1-7(12)13-6-8-4-9-10(5-8)15-11(2,3)14-9;1-10(2)13-7-4-6(9(11)12-3)5-8(7)14-10;2*1-9(2)11-7-3-6(5-10)4-8(7)12-9/h8-10H,4-6H2,1-3H3;6-8H,4-5H2,1-3H3;2*6-8,10H,3-5H2,1-2H3/t8?,9-,10+;3*6?,7-,8+. The van der Waals surface area contributed by atoms with Gasteiger partial charge in [0, 0.05) is 20.1 Å². The van der Waals surface area contributed by atoms with Gasteiger partial charge in [0.15, 0.2) is 23.1 Å². The molecule has 4 unspecified atom stereocenters. The number of hydrogen-bond acceptors (Lipinski definition) is 14. The summed E-state index contributed by atoms with van der Waals surface area (Å²) in [5.41, 5.74) is 0. The van der Waals surface area contributed by atoms with Crippen LogP contribution in [0.4, 0.5) is 0 Å². The Balaban J connectivity index is 0.000000137. The fourth-order valence-electron chi connectivity index (χ4n) is 9.18. The fraction of sp³-hybridized carbons (Fsp3) is 0.949. The zero-order chi connectivity index (χ0) is 38.9. The third kappa shape index (κ3) is 11.5. The highest BCUT2D eigenvalue weighted by molar-refractivity contribution is 5.72. The molecule has 306 valence electrons. The second-order valence-corrected chi connectivity index (χ2v) is 17.7. The molecule has 0 aromatic carbocycles. The van der Waals surface area contributed by atoms with E-state index in [1.807, 2.05) is 55.4 Å². The highest BCUT2D eigenvalue weighted by Crippen LogP contribution is 2.43. The molecule has 14 nitrogen and oxygen atoms in total. The second kappa shape index (κ2) is 17.0. The van der Waals surface area contributed by atoms with E-state index in [9.17, 15) is 9.59 Å². The van der Waals surface area contributed by atoms with E-state index in [2.05, 4.69) is 0 Å². The number of hydrogen-bond donors (Lipinski definition) is 2. The molecule has 4 aliphatic heterocycles. The maximum absolute atomic E-state index is 11.3. The van der Waals surface area contributed by atoms with Crippen LogP contribution in [-0.2, 0) is 57.0 Å². The number of aliphatic hydroxyl groups excluding tert-OH is 2. The van der Waals surface area contributed by atoms with Gasteiger partial charge in [-0.1, -0.05) is 0 Å². The smallest absolute Gasteiger partial charge is 0.308 e. The van der Waals surface area contributed by atoms with Crippen molar-refractivity contribution in [3.63, 3.8) is 0 Å². The molecule has 14 heteroatoms. The van der Waals surface area contributed by atoms with Gasteiger partial charge in [0.1, 0.15) is 0 Å². The molecule has 0 radical (unpaired) electrons. The maximum atomic E-state index is 11.3. The number of rotatable bonds is 5. The number of esters is 2. The maximum Gasteiger partial charge on any atom is 0.308 e. The van der Waals surface area contributed by atoms with Crippen molar-refractivity contribution < 1.29 is 67.2 Å². The monoisotopic (exact) mass is 758 g/mol. The van der Waals surface area contributed by atoms with Crippen LogP contribution in [0.3, 0.4) is 0 Å². The lowest BCUT2D eigenvalue weighted by atomic mass is 10.1. The second-order valence-electron chi connectivity index (χ2n) is 17.7. The van der Waals surface area contributed by atoms with Crippen LogP contribution in [0.1, 0.15) is 114 Å². The Bertz CT molecular complexity index is 1130. The van der Waals surface area contributed by atoms with E-state index in [0.29, 0.717) is 24.4 Å². The summed E-state index contributed by atoms with van der Waals surface area (Å²) in [5.74, 6) is -0.999. The first-order chi connectivity index (χ1) is 24.7. The molecule has 53 heavy (non-hydrogen) atoms. The van der Waals surface area contributed by atoms with Gasteiger partial charge in [-0.25, -0.2) is 0 Å². The lowest BCUT2D eigenvalue weighted by molar-refractivity contribution is -0.162. The molecule has 0 spiro atoms. The minimum absolute atomic E-state index is 0.0499. The third-order valence-corrected chi connectivity index (χ3v) is 11.1. The van der Waals surface area contributed by atoms with E-state index in [4.69, 9.17) is 57.6 Å². The van der Waals surface area contributed by atoms with E-state index in [0.717, 1.165) is 51.4 Å². The minimum Gasteiger partial charge on any atom is -0.469 e. The van der Waals surface area contributed by atoms with Gasteiger partial charge in [-0.3, -0.25) is 9.59 Å². The Hall–Kier alpha value is -1.46. The van der Waals surface area contributed by atoms with Crippen LogP contribution >= 0.6 is 0 Å². The van der Waals surface area contributed by atoms with E-state index in [1.165, 1.54) is 14.0 Å². The molecule has 0 aromatic rings. The van der Waals surface area contributed by atoms with Crippen LogP contribution in [0, 0.1) is 23.7 Å². The SMILES string of the molecule is CC(=O)OCC1C[C@@H]2OC(C)(C)O[C@@H]2C1.CC1(C)O[C@H]2CC(CO)C[C@H]2O1.CC1(C)O[C@H]2CC(CO)C[C@H]2O1.COC(=O)C1C[C@@H]2OC(C)(C)O[C@@H]2C1. The van der Waals surface area contributed by atoms with Crippen molar-refractivity contribution in [3.05, 3.63) is 0 Å². The molecule has 0 amide bonds. The first kappa shape index (κ1) is 42.7. The Morgan fingerprint density at radius 3 is 1.02 bits per heavy atom. The zero-order valence-corrected chi connectivity index (χ0v) is 33.5. The average Bonchev–Trinajstić information content (AvgIpc) is 3.90. The molecule has 8 aliphatic rings. The van der Waals surface area contributed by atoms with E-state index >= 15 is 0 Å². The topological polar surface area (TPSA) is 167 Å². The number of carbonyl (C=O) groups is 2. The van der Waals surface area contributed by atoms with Crippen LogP contribution in [0.5, 0.6) is 0 Å². The van der Waals surface area contributed by atoms with E-state index in [-0.39, 0.29) is 79.9 Å². The summed E-state index contributed by atoms with van der Waals surface area (Å²) >= 11 is 0. The summed E-state index contributed by atoms with van der Waals surface area (Å²) in [6, 6.07) is 0. The molecule has 0 bridgehead atoms. The molecular weight excluding hydrogens is 692 g/mol. The van der Waals surface area contributed by atoms with Crippen molar-refractivity contribution in [2.75, 3.05) is 26.9 Å². The Kier molecular flexibility index (Phi) is 13.7. The number of ether oxygens (including phenoxy) is 10. The van der Waals surface area contributed by atoms with Crippen molar-refractivity contribution in [1.82, 2.24) is 0 Å². The van der Waals surface area contributed by atoms with Crippen LogP contribution in [0.25, 0.3) is 0 Å². The molecule has 2 N–H and O–H groups in total. The van der Waals surface area contributed by atoms with Gasteiger partial charge in [-0.15, -0.1) is 0 Å². The third-order valence-electron chi connectivity index (χ3n) is 11.1. The number of carbonyl (C=O) groups excluding carboxylic acids is 2. The Labute approximate surface area is 315 Å². The normalized spacial score (nSPS) is 41.4. The minimum atomic E-state index is -0.490. The summed E-state index contributed by atoms with van der Waals surface area (Å²) in [5, 5.41) is 17.9. The van der Waals surface area contributed by atoms with Crippen LogP contribution in [0.2, 0.25) is 0 Å². The summed E-state index contributed by atoms with van der Waals surface area (Å²) in [4.78, 5) is 21.9. The zero-order valence-electron chi connectivity index (χ0n) is 33.5. The van der Waals surface area contributed by atoms with Gasteiger partial charge < -0.3 is 57.6 Å². The summed E-state index contributed by atoms with van der Waals surface area (Å²) in [6.45, 7) is 17.9. The number of methoxy groups -OCH3 is 1. The molecule has 12 atom stereocenters. The summed E-state index contributed by atoms with van der Waals surface area (Å²) in [6.07, 6.45) is 8.47. The van der Waals surface area contributed by atoms with Gasteiger partial charge in [-0.2, -0.15) is 0 Å². The van der Waals surface area contributed by atoms with E-state index < -0.39 is 23.1 Å². The summed E-state index contributed by atoms with van der Waals surface area (Å²) < 4.78 is 55.2. The molecule has 8 fully saturated rings. The number of fused-ring (bicyclic) bond motifs is 4. The first-order valence-electron chi connectivity index (χ1n) is 19.5. The molecule has 4 saturated heterocycles.